The van der Waals surface area contributed by atoms with Crippen molar-refractivity contribution in [2.45, 2.75) is 33.1 Å². The molecule has 37 heavy (non-hydrogen) atoms. The minimum absolute atomic E-state index is 0.130. The van der Waals surface area contributed by atoms with Gasteiger partial charge < -0.3 is 10.1 Å². The molecular weight excluding hydrogens is 600 g/mol. The standard InChI is InChI=1S/C28H26Br2N4O3/c1-3-4-9-26-32-24-12-11-20(29)15-21(24)28(36)34(26)31-16-19-10-13-25(22(30)14-19)37-17-27(35)33-23-8-6-5-7-18(23)2/h5-8,10-16H,3-4,9,17H2,1-2H3,(H,33,35). The SMILES string of the molecule is CCCCc1nc2ccc(Br)cc2c(=O)n1N=Cc1ccc(OCC(=O)Nc2ccccc2C)c(Br)c1. The summed E-state index contributed by atoms with van der Waals surface area (Å²) >= 11 is 6.93. The molecule has 0 aliphatic heterocycles. The van der Waals surface area contributed by atoms with Crippen molar-refractivity contribution in [2.75, 3.05) is 11.9 Å². The maximum Gasteiger partial charge on any atom is 0.282 e. The molecule has 0 aliphatic rings. The van der Waals surface area contributed by atoms with E-state index in [0.717, 1.165) is 34.1 Å². The summed E-state index contributed by atoms with van der Waals surface area (Å²) in [4.78, 5) is 30.2. The Hall–Kier alpha value is -3.30. The van der Waals surface area contributed by atoms with Crippen LogP contribution < -0.4 is 15.6 Å². The Kier molecular flexibility index (Phi) is 8.89. The van der Waals surface area contributed by atoms with Crippen LogP contribution >= 0.6 is 31.9 Å². The number of aryl methyl sites for hydroxylation is 2. The topological polar surface area (TPSA) is 85.6 Å². The van der Waals surface area contributed by atoms with Crippen LogP contribution in [0.5, 0.6) is 5.75 Å². The van der Waals surface area contributed by atoms with Gasteiger partial charge in [0.15, 0.2) is 6.61 Å². The fourth-order valence-electron chi connectivity index (χ4n) is 3.69. The summed E-state index contributed by atoms with van der Waals surface area (Å²) in [5.74, 6) is 0.896. The number of fused-ring (bicyclic) bond motifs is 1. The molecule has 190 valence electrons. The highest BCUT2D eigenvalue weighted by atomic mass is 79.9. The molecule has 4 aromatic rings. The number of aromatic nitrogens is 2. The number of para-hydroxylation sites is 1. The molecule has 1 amide bonds. The van der Waals surface area contributed by atoms with Crippen LogP contribution in [0.15, 0.2) is 79.5 Å². The van der Waals surface area contributed by atoms with Gasteiger partial charge >= 0.3 is 0 Å². The van der Waals surface area contributed by atoms with E-state index in [0.29, 0.717) is 33.4 Å². The quantitative estimate of drug-likeness (QED) is 0.216. The lowest BCUT2D eigenvalue weighted by Gasteiger charge is -2.11. The van der Waals surface area contributed by atoms with Crippen molar-refractivity contribution < 1.29 is 9.53 Å². The number of amides is 1. The van der Waals surface area contributed by atoms with Crippen LogP contribution in [0.4, 0.5) is 5.69 Å². The van der Waals surface area contributed by atoms with Gasteiger partial charge in [0.05, 0.1) is 21.6 Å². The van der Waals surface area contributed by atoms with E-state index >= 15 is 0 Å². The van der Waals surface area contributed by atoms with E-state index in [2.05, 4.69) is 49.2 Å². The fourth-order valence-corrected chi connectivity index (χ4v) is 4.56. The van der Waals surface area contributed by atoms with Crippen molar-refractivity contribution in [3.05, 3.63) is 96.9 Å². The van der Waals surface area contributed by atoms with Gasteiger partial charge in [-0.05, 0) is 82.9 Å². The van der Waals surface area contributed by atoms with Crippen LogP contribution in [0.3, 0.4) is 0 Å². The molecule has 0 aliphatic carbocycles. The maximum absolute atomic E-state index is 13.2. The molecule has 0 unspecified atom stereocenters. The van der Waals surface area contributed by atoms with Crippen LogP contribution in [0.1, 0.15) is 36.7 Å². The first kappa shape index (κ1) is 26.8. The van der Waals surface area contributed by atoms with Crippen LogP contribution in [0.2, 0.25) is 0 Å². The molecule has 0 bridgehead atoms. The van der Waals surface area contributed by atoms with Crippen molar-refractivity contribution in [3.63, 3.8) is 0 Å². The Labute approximate surface area is 231 Å². The van der Waals surface area contributed by atoms with Crippen molar-refractivity contribution in [3.8, 4) is 5.75 Å². The van der Waals surface area contributed by atoms with Gasteiger partial charge in [0.1, 0.15) is 11.6 Å². The van der Waals surface area contributed by atoms with Crippen molar-refractivity contribution in [1.82, 2.24) is 9.66 Å². The minimum atomic E-state index is -0.249. The third kappa shape index (κ3) is 6.72. The van der Waals surface area contributed by atoms with E-state index in [9.17, 15) is 9.59 Å². The van der Waals surface area contributed by atoms with Crippen LogP contribution in [0, 0.1) is 6.92 Å². The number of halogens is 2. The minimum Gasteiger partial charge on any atom is -0.483 e. The number of carbonyl (C=O) groups excluding carboxylic acids is 1. The van der Waals surface area contributed by atoms with E-state index in [4.69, 9.17) is 9.72 Å². The Morgan fingerprint density at radius 3 is 2.70 bits per heavy atom. The highest BCUT2D eigenvalue weighted by molar-refractivity contribution is 9.10. The van der Waals surface area contributed by atoms with Gasteiger partial charge in [0, 0.05) is 16.6 Å². The average molecular weight is 626 g/mol. The third-order valence-electron chi connectivity index (χ3n) is 5.69. The Bertz CT molecular complexity index is 1530. The number of nitrogens with zero attached hydrogens (tertiary/aromatic N) is 3. The average Bonchev–Trinajstić information content (AvgIpc) is 2.88. The predicted molar refractivity (Wildman–Crippen MR) is 155 cm³/mol. The summed E-state index contributed by atoms with van der Waals surface area (Å²) in [5, 5.41) is 7.83. The van der Waals surface area contributed by atoms with Gasteiger partial charge in [0.25, 0.3) is 11.5 Å². The highest BCUT2D eigenvalue weighted by Gasteiger charge is 2.12. The Morgan fingerprint density at radius 2 is 1.95 bits per heavy atom. The maximum atomic E-state index is 13.2. The van der Waals surface area contributed by atoms with Crippen molar-refractivity contribution in [1.29, 1.82) is 0 Å². The Morgan fingerprint density at radius 1 is 1.14 bits per heavy atom. The molecule has 0 saturated heterocycles. The van der Waals surface area contributed by atoms with E-state index in [-0.39, 0.29) is 18.1 Å². The van der Waals surface area contributed by atoms with Crippen LogP contribution in [0.25, 0.3) is 10.9 Å². The lowest BCUT2D eigenvalue weighted by atomic mass is 10.2. The summed E-state index contributed by atoms with van der Waals surface area (Å²) in [5.41, 5.74) is 2.93. The normalized spacial score (nSPS) is 11.2. The number of rotatable bonds is 9. The number of ether oxygens (including phenoxy) is 1. The van der Waals surface area contributed by atoms with Gasteiger partial charge in [-0.25, -0.2) is 4.98 Å². The molecule has 0 radical (unpaired) electrons. The first-order valence-electron chi connectivity index (χ1n) is 11.9. The van der Waals surface area contributed by atoms with Crippen molar-refractivity contribution in [2.24, 2.45) is 5.10 Å². The smallest absolute Gasteiger partial charge is 0.282 e. The summed E-state index contributed by atoms with van der Waals surface area (Å²) in [6.07, 6.45) is 4.15. The number of anilines is 1. The zero-order valence-corrected chi connectivity index (χ0v) is 23.7. The molecule has 0 fully saturated rings. The molecule has 9 heteroatoms. The molecule has 0 spiro atoms. The first-order chi connectivity index (χ1) is 17.9. The lowest BCUT2D eigenvalue weighted by molar-refractivity contribution is -0.118. The molecule has 7 nitrogen and oxygen atoms in total. The molecule has 1 heterocycles. The number of hydrogen-bond donors (Lipinski definition) is 1. The summed E-state index contributed by atoms with van der Waals surface area (Å²) in [6.45, 7) is 3.90. The molecule has 0 atom stereocenters. The summed E-state index contributed by atoms with van der Waals surface area (Å²) < 4.78 is 8.55. The zero-order chi connectivity index (χ0) is 26.4. The van der Waals surface area contributed by atoms with Gasteiger partial charge in [0.2, 0.25) is 0 Å². The second-order valence-electron chi connectivity index (χ2n) is 8.50. The summed E-state index contributed by atoms with van der Waals surface area (Å²) in [6, 6.07) is 18.4. The molecule has 1 N–H and O–H groups in total. The number of benzene rings is 3. The van der Waals surface area contributed by atoms with Gasteiger partial charge in [-0.3, -0.25) is 9.59 Å². The van der Waals surface area contributed by atoms with Crippen LogP contribution in [-0.4, -0.2) is 28.4 Å². The van der Waals surface area contributed by atoms with Gasteiger partial charge in [-0.2, -0.15) is 9.78 Å². The molecule has 3 aromatic carbocycles. The van der Waals surface area contributed by atoms with E-state index < -0.39 is 0 Å². The van der Waals surface area contributed by atoms with E-state index in [1.54, 1.807) is 18.3 Å². The van der Waals surface area contributed by atoms with E-state index in [1.807, 2.05) is 55.5 Å². The number of carbonyl (C=O) groups is 1. The largest absolute Gasteiger partial charge is 0.483 e. The molecule has 1 aromatic heterocycles. The van der Waals surface area contributed by atoms with Crippen LogP contribution in [-0.2, 0) is 11.2 Å². The number of unbranched alkanes of at least 4 members (excludes halogenated alkanes) is 1. The Balaban J connectivity index is 1.51. The summed E-state index contributed by atoms with van der Waals surface area (Å²) in [7, 11) is 0. The van der Waals surface area contributed by atoms with Crippen molar-refractivity contribution >= 4 is 60.6 Å². The molecule has 0 saturated carbocycles. The molecular formula is C28H26Br2N4O3. The second kappa shape index (κ2) is 12.3. The predicted octanol–water partition coefficient (Wildman–Crippen LogP) is 6.47. The van der Waals surface area contributed by atoms with Gasteiger partial charge in [-0.1, -0.05) is 47.5 Å². The zero-order valence-electron chi connectivity index (χ0n) is 20.5. The third-order valence-corrected chi connectivity index (χ3v) is 6.80. The lowest BCUT2D eigenvalue weighted by Crippen LogP contribution is -2.22. The fraction of sp³-hybridized carbons (Fsp3) is 0.214. The van der Waals surface area contributed by atoms with E-state index in [1.165, 1.54) is 4.68 Å². The monoisotopic (exact) mass is 624 g/mol. The second-order valence-corrected chi connectivity index (χ2v) is 10.3. The molecule has 4 rings (SSSR count). The number of hydrogen-bond acceptors (Lipinski definition) is 5. The highest BCUT2D eigenvalue weighted by Crippen LogP contribution is 2.26. The van der Waals surface area contributed by atoms with Gasteiger partial charge in [-0.15, -0.1) is 0 Å². The number of nitrogens with one attached hydrogen (secondary N) is 1. The first-order valence-corrected chi connectivity index (χ1v) is 13.5.